The van der Waals surface area contributed by atoms with Crippen LogP contribution in [0, 0.1) is 17.1 Å². The van der Waals surface area contributed by atoms with Crippen molar-refractivity contribution in [1.29, 1.82) is 5.26 Å². The quantitative estimate of drug-likeness (QED) is 0.648. The van der Waals surface area contributed by atoms with E-state index in [9.17, 15) is 4.39 Å². The van der Waals surface area contributed by atoms with Crippen LogP contribution in [0.3, 0.4) is 0 Å². The van der Waals surface area contributed by atoms with Crippen LogP contribution in [0.5, 0.6) is 5.75 Å². The van der Waals surface area contributed by atoms with E-state index in [1.165, 1.54) is 6.07 Å². The van der Waals surface area contributed by atoms with Crippen LogP contribution in [0.25, 0.3) is 0 Å². The van der Waals surface area contributed by atoms with Gasteiger partial charge in [0.25, 0.3) is 0 Å². The van der Waals surface area contributed by atoms with Crippen molar-refractivity contribution >= 4 is 11.4 Å². The van der Waals surface area contributed by atoms with E-state index in [0.29, 0.717) is 30.3 Å². The molecule has 0 unspecified atom stereocenters. The van der Waals surface area contributed by atoms with Gasteiger partial charge in [0.05, 0.1) is 5.69 Å². The first-order chi connectivity index (χ1) is 9.70. The van der Waals surface area contributed by atoms with Crippen LogP contribution in [0.4, 0.5) is 15.8 Å². The van der Waals surface area contributed by atoms with Gasteiger partial charge in [-0.15, -0.1) is 0 Å². The van der Waals surface area contributed by atoms with Gasteiger partial charge in [-0.1, -0.05) is 6.07 Å². The van der Waals surface area contributed by atoms with Crippen molar-refractivity contribution in [3.63, 3.8) is 0 Å². The number of rotatable bonds is 5. The Morgan fingerprint density at radius 2 is 1.95 bits per heavy atom. The molecule has 0 aliphatic carbocycles. The van der Waals surface area contributed by atoms with E-state index < -0.39 is 5.82 Å². The molecule has 0 bridgehead atoms. The summed E-state index contributed by atoms with van der Waals surface area (Å²) in [5.74, 6) is 0.178. The van der Waals surface area contributed by atoms with Crippen molar-refractivity contribution in [2.45, 2.75) is 0 Å². The number of ether oxygens (including phenoxy) is 1. The summed E-state index contributed by atoms with van der Waals surface area (Å²) < 4.78 is 18.8. The third-order valence-corrected chi connectivity index (χ3v) is 2.69. The van der Waals surface area contributed by atoms with Gasteiger partial charge in [0.1, 0.15) is 29.8 Å². The number of halogens is 1. The van der Waals surface area contributed by atoms with Gasteiger partial charge in [0, 0.05) is 12.2 Å². The molecule has 102 valence electrons. The molecule has 0 amide bonds. The largest absolute Gasteiger partial charge is 0.492 e. The number of nitriles is 1. The number of anilines is 2. The monoisotopic (exact) mass is 271 g/mol. The van der Waals surface area contributed by atoms with Crippen molar-refractivity contribution in [3.8, 4) is 11.8 Å². The minimum atomic E-state index is -0.531. The number of hydrogen-bond acceptors (Lipinski definition) is 4. The number of benzene rings is 2. The van der Waals surface area contributed by atoms with E-state index >= 15 is 0 Å². The van der Waals surface area contributed by atoms with E-state index in [0.717, 1.165) is 0 Å². The Labute approximate surface area is 116 Å². The summed E-state index contributed by atoms with van der Waals surface area (Å²) in [5.41, 5.74) is 6.72. The third-order valence-electron chi connectivity index (χ3n) is 2.69. The molecule has 0 saturated heterocycles. The highest BCUT2D eigenvalue weighted by Crippen LogP contribution is 2.17. The molecule has 0 atom stereocenters. The predicted molar refractivity (Wildman–Crippen MR) is 76.0 cm³/mol. The number of nitrogens with one attached hydrogen (secondary N) is 1. The van der Waals surface area contributed by atoms with Crippen LogP contribution < -0.4 is 15.8 Å². The van der Waals surface area contributed by atoms with Crippen molar-refractivity contribution in [2.24, 2.45) is 0 Å². The van der Waals surface area contributed by atoms with Crippen LogP contribution in [0.2, 0.25) is 0 Å². The first-order valence-corrected chi connectivity index (χ1v) is 6.11. The van der Waals surface area contributed by atoms with Crippen molar-refractivity contribution in [2.75, 3.05) is 24.2 Å². The average Bonchev–Trinajstić information content (AvgIpc) is 2.45. The highest BCUT2D eigenvalue weighted by atomic mass is 19.1. The lowest BCUT2D eigenvalue weighted by Gasteiger charge is -2.10. The molecule has 0 heterocycles. The van der Waals surface area contributed by atoms with Crippen LogP contribution in [0.15, 0.2) is 42.5 Å². The molecule has 0 aliphatic heterocycles. The van der Waals surface area contributed by atoms with Crippen LogP contribution in [-0.4, -0.2) is 13.2 Å². The Hall–Kier alpha value is -2.74. The molecule has 2 rings (SSSR count). The molecule has 20 heavy (non-hydrogen) atoms. The molecule has 2 aromatic rings. The third kappa shape index (κ3) is 3.39. The first kappa shape index (κ1) is 13.7. The maximum absolute atomic E-state index is 13.4. The molecule has 3 N–H and O–H groups in total. The Kier molecular flexibility index (Phi) is 4.40. The topological polar surface area (TPSA) is 71.1 Å². The zero-order chi connectivity index (χ0) is 14.4. The van der Waals surface area contributed by atoms with Crippen molar-refractivity contribution in [3.05, 3.63) is 53.8 Å². The summed E-state index contributed by atoms with van der Waals surface area (Å²) in [6, 6.07) is 13.4. The smallest absolute Gasteiger partial charge is 0.143 e. The number of hydrogen-bond donors (Lipinski definition) is 2. The molecule has 0 fully saturated rings. The molecule has 0 aromatic heterocycles. The predicted octanol–water partition coefficient (Wildman–Crippen LogP) is 2.77. The summed E-state index contributed by atoms with van der Waals surface area (Å²) >= 11 is 0. The minimum Gasteiger partial charge on any atom is -0.492 e. The maximum atomic E-state index is 13.4. The molecular formula is C15H14FN3O. The lowest BCUT2D eigenvalue weighted by atomic mass is 10.2. The summed E-state index contributed by atoms with van der Waals surface area (Å²) in [4.78, 5) is 0. The van der Waals surface area contributed by atoms with Crippen LogP contribution in [-0.2, 0) is 0 Å². The van der Waals surface area contributed by atoms with Gasteiger partial charge in [-0.25, -0.2) is 4.39 Å². The first-order valence-electron chi connectivity index (χ1n) is 6.11. The number of nitrogens with zero attached hydrogens (tertiary/aromatic N) is 1. The SMILES string of the molecule is N#Cc1c(F)cccc1NCCOc1ccc(N)cc1. The second-order valence-electron chi connectivity index (χ2n) is 4.12. The Balaban J connectivity index is 1.86. The van der Waals surface area contributed by atoms with Gasteiger partial charge in [-0.3, -0.25) is 0 Å². The van der Waals surface area contributed by atoms with Crippen LogP contribution in [0.1, 0.15) is 5.56 Å². The molecule has 0 spiro atoms. The van der Waals surface area contributed by atoms with Gasteiger partial charge in [-0.05, 0) is 36.4 Å². The zero-order valence-corrected chi connectivity index (χ0v) is 10.8. The second-order valence-corrected chi connectivity index (χ2v) is 4.12. The minimum absolute atomic E-state index is 0.0139. The van der Waals surface area contributed by atoms with E-state index in [-0.39, 0.29) is 5.56 Å². The summed E-state index contributed by atoms with van der Waals surface area (Å²) in [6.07, 6.45) is 0. The molecular weight excluding hydrogens is 257 g/mol. The van der Waals surface area contributed by atoms with Crippen molar-refractivity contribution in [1.82, 2.24) is 0 Å². The van der Waals surface area contributed by atoms with Gasteiger partial charge in [-0.2, -0.15) is 5.26 Å². The van der Waals surface area contributed by atoms with E-state index in [1.807, 2.05) is 6.07 Å². The van der Waals surface area contributed by atoms with Gasteiger partial charge >= 0.3 is 0 Å². The highest BCUT2D eigenvalue weighted by molar-refractivity contribution is 5.57. The number of nitrogens with two attached hydrogens (primary N) is 1. The lowest BCUT2D eigenvalue weighted by molar-refractivity contribution is 0.333. The summed E-state index contributed by atoms with van der Waals surface area (Å²) in [7, 11) is 0. The Bertz CT molecular complexity index is 620. The standard InChI is InChI=1S/C15H14FN3O/c16-14-2-1-3-15(13(14)10-17)19-8-9-20-12-6-4-11(18)5-7-12/h1-7,19H,8-9,18H2. The van der Waals surface area contributed by atoms with E-state index in [1.54, 1.807) is 36.4 Å². The maximum Gasteiger partial charge on any atom is 0.143 e. The molecule has 5 heteroatoms. The second kappa shape index (κ2) is 6.43. The molecule has 0 aliphatic rings. The lowest BCUT2D eigenvalue weighted by Crippen LogP contribution is -2.12. The molecule has 2 aromatic carbocycles. The van der Waals surface area contributed by atoms with Gasteiger partial charge in [0.2, 0.25) is 0 Å². The fourth-order valence-electron chi connectivity index (χ4n) is 1.70. The summed E-state index contributed by atoms with van der Waals surface area (Å²) in [5, 5.41) is 11.9. The van der Waals surface area contributed by atoms with Crippen molar-refractivity contribution < 1.29 is 9.13 Å². The van der Waals surface area contributed by atoms with E-state index in [2.05, 4.69) is 5.32 Å². The zero-order valence-electron chi connectivity index (χ0n) is 10.8. The van der Waals surface area contributed by atoms with Gasteiger partial charge in [0.15, 0.2) is 0 Å². The van der Waals surface area contributed by atoms with Crippen LogP contribution >= 0.6 is 0 Å². The Morgan fingerprint density at radius 1 is 1.20 bits per heavy atom. The Morgan fingerprint density at radius 3 is 2.65 bits per heavy atom. The van der Waals surface area contributed by atoms with Gasteiger partial charge < -0.3 is 15.8 Å². The highest BCUT2D eigenvalue weighted by Gasteiger charge is 2.06. The molecule has 0 radical (unpaired) electrons. The number of nitrogen functional groups attached to an aromatic ring is 1. The fraction of sp³-hybridized carbons (Fsp3) is 0.133. The average molecular weight is 271 g/mol. The molecule has 4 nitrogen and oxygen atoms in total. The molecule has 0 saturated carbocycles. The summed E-state index contributed by atoms with van der Waals surface area (Å²) in [6.45, 7) is 0.855. The van der Waals surface area contributed by atoms with E-state index in [4.69, 9.17) is 15.7 Å². The fourth-order valence-corrected chi connectivity index (χ4v) is 1.70. The normalized spacial score (nSPS) is 9.80.